The highest BCUT2D eigenvalue weighted by Crippen LogP contribution is 2.31. The lowest BCUT2D eigenvalue weighted by atomic mass is 9.96. The lowest BCUT2D eigenvalue weighted by Crippen LogP contribution is -2.43. The Bertz CT molecular complexity index is 976. The maximum Gasteiger partial charge on any atom is 0.240 e. The van der Waals surface area contributed by atoms with E-state index in [4.69, 9.17) is 16.3 Å². The number of morpholine rings is 1. The van der Waals surface area contributed by atoms with Gasteiger partial charge in [0.25, 0.3) is 0 Å². The van der Waals surface area contributed by atoms with Crippen LogP contribution in [0.1, 0.15) is 23.6 Å². The van der Waals surface area contributed by atoms with Gasteiger partial charge in [-0.1, -0.05) is 23.7 Å². The van der Waals surface area contributed by atoms with Gasteiger partial charge in [-0.25, -0.2) is 13.1 Å². The number of sulfonamides is 1. The summed E-state index contributed by atoms with van der Waals surface area (Å²) in [6.45, 7) is 4.26. The zero-order valence-electron chi connectivity index (χ0n) is 17.2. The number of aryl methyl sites for hydroxylation is 1. The molecule has 0 amide bonds. The standard InChI is InChI=1S/C22H28ClN3O3S/c1-25-10-2-3-17-15-18(4-9-21(17)25)22(26-11-13-29-14-12-26)16-24-30(27,28)20-7-5-19(23)6-8-20/h4-9,15,22,24H,2-3,10-14,16H2,1H3/t22-/m0/s1. The van der Waals surface area contributed by atoms with Crippen molar-refractivity contribution >= 4 is 27.3 Å². The van der Waals surface area contributed by atoms with Crippen molar-refractivity contribution in [2.24, 2.45) is 0 Å². The summed E-state index contributed by atoms with van der Waals surface area (Å²) in [5.74, 6) is 0. The first-order chi connectivity index (χ1) is 14.4. The maximum absolute atomic E-state index is 12.8. The Morgan fingerprint density at radius 1 is 1.10 bits per heavy atom. The average molecular weight is 450 g/mol. The smallest absolute Gasteiger partial charge is 0.240 e. The van der Waals surface area contributed by atoms with Crippen LogP contribution in [0.15, 0.2) is 47.4 Å². The molecule has 0 unspecified atom stereocenters. The predicted octanol–water partition coefficient (Wildman–Crippen LogP) is 3.07. The lowest BCUT2D eigenvalue weighted by Gasteiger charge is -2.36. The molecule has 6 nitrogen and oxygen atoms in total. The summed E-state index contributed by atoms with van der Waals surface area (Å²) >= 11 is 5.90. The minimum atomic E-state index is -3.62. The molecule has 1 saturated heterocycles. The minimum absolute atomic E-state index is 0.0477. The van der Waals surface area contributed by atoms with Crippen LogP contribution in [0, 0.1) is 0 Å². The number of anilines is 1. The van der Waals surface area contributed by atoms with Gasteiger partial charge in [-0.05, 0) is 54.3 Å². The molecule has 2 aromatic carbocycles. The van der Waals surface area contributed by atoms with E-state index in [-0.39, 0.29) is 10.9 Å². The molecule has 0 radical (unpaired) electrons. The number of fused-ring (bicyclic) bond motifs is 1. The number of hydrogen-bond acceptors (Lipinski definition) is 5. The molecule has 0 bridgehead atoms. The lowest BCUT2D eigenvalue weighted by molar-refractivity contribution is 0.0172. The highest BCUT2D eigenvalue weighted by Gasteiger charge is 2.26. The molecular formula is C22H28ClN3O3S. The van der Waals surface area contributed by atoms with Crippen LogP contribution in [-0.2, 0) is 21.2 Å². The van der Waals surface area contributed by atoms with Gasteiger partial charge in [0.1, 0.15) is 0 Å². The third-order valence-corrected chi connectivity index (χ3v) is 7.61. The van der Waals surface area contributed by atoms with Crippen LogP contribution in [-0.4, -0.2) is 59.8 Å². The Labute approximate surface area is 183 Å². The van der Waals surface area contributed by atoms with E-state index in [1.54, 1.807) is 12.1 Å². The molecule has 162 valence electrons. The van der Waals surface area contributed by atoms with Gasteiger partial charge in [0, 0.05) is 50.0 Å². The van der Waals surface area contributed by atoms with Gasteiger partial charge in [0.2, 0.25) is 10.0 Å². The molecule has 4 rings (SSSR count). The third kappa shape index (κ3) is 4.81. The molecule has 2 aromatic rings. The van der Waals surface area contributed by atoms with E-state index in [9.17, 15) is 8.42 Å². The summed E-state index contributed by atoms with van der Waals surface area (Å²) in [4.78, 5) is 4.82. The first-order valence-electron chi connectivity index (χ1n) is 10.3. The van der Waals surface area contributed by atoms with Crippen LogP contribution < -0.4 is 9.62 Å². The Morgan fingerprint density at radius 2 is 1.83 bits per heavy atom. The zero-order valence-corrected chi connectivity index (χ0v) is 18.8. The van der Waals surface area contributed by atoms with Gasteiger partial charge in [0.15, 0.2) is 0 Å². The molecule has 2 heterocycles. The molecule has 2 aliphatic rings. The van der Waals surface area contributed by atoms with Gasteiger partial charge >= 0.3 is 0 Å². The fraction of sp³-hybridized carbons (Fsp3) is 0.455. The van der Waals surface area contributed by atoms with Crippen molar-refractivity contribution < 1.29 is 13.2 Å². The number of benzene rings is 2. The van der Waals surface area contributed by atoms with Crippen molar-refractivity contribution in [1.29, 1.82) is 0 Å². The number of rotatable bonds is 6. The number of halogens is 1. The van der Waals surface area contributed by atoms with Crippen LogP contribution >= 0.6 is 11.6 Å². The van der Waals surface area contributed by atoms with Crippen molar-refractivity contribution in [3.63, 3.8) is 0 Å². The second-order valence-electron chi connectivity index (χ2n) is 7.88. The maximum atomic E-state index is 12.8. The molecule has 8 heteroatoms. The minimum Gasteiger partial charge on any atom is -0.379 e. The van der Waals surface area contributed by atoms with Crippen molar-refractivity contribution in [2.45, 2.75) is 23.8 Å². The average Bonchev–Trinajstić information content (AvgIpc) is 2.75. The Morgan fingerprint density at radius 3 is 2.57 bits per heavy atom. The second-order valence-corrected chi connectivity index (χ2v) is 10.1. The molecule has 1 N–H and O–H groups in total. The van der Waals surface area contributed by atoms with Crippen molar-refractivity contribution in [3.05, 3.63) is 58.6 Å². The first-order valence-corrected chi connectivity index (χ1v) is 12.2. The van der Waals surface area contributed by atoms with Crippen LogP contribution in [0.2, 0.25) is 5.02 Å². The topological polar surface area (TPSA) is 61.9 Å². The number of nitrogens with one attached hydrogen (secondary N) is 1. The Kier molecular flexibility index (Phi) is 6.65. The molecule has 1 fully saturated rings. The second kappa shape index (κ2) is 9.24. The quantitative estimate of drug-likeness (QED) is 0.734. The molecular weight excluding hydrogens is 422 g/mol. The van der Waals surface area contributed by atoms with E-state index in [1.165, 1.54) is 23.4 Å². The van der Waals surface area contributed by atoms with E-state index in [2.05, 4.69) is 39.8 Å². The van der Waals surface area contributed by atoms with Gasteiger partial charge in [-0.3, -0.25) is 4.90 Å². The highest BCUT2D eigenvalue weighted by molar-refractivity contribution is 7.89. The number of hydrogen-bond donors (Lipinski definition) is 1. The van der Waals surface area contributed by atoms with E-state index < -0.39 is 10.0 Å². The Hall–Kier alpha value is -1.64. The first kappa shape index (κ1) is 21.6. The Balaban J connectivity index is 1.58. The molecule has 0 spiro atoms. The van der Waals surface area contributed by atoms with Crippen molar-refractivity contribution in [2.75, 3.05) is 51.3 Å². The van der Waals surface area contributed by atoms with Crippen molar-refractivity contribution in [3.8, 4) is 0 Å². The van der Waals surface area contributed by atoms with Gasteiger partial charge in [-0.2, -0.15) is 0 Å². The van der Waals surface area contributed by atoms with E-state index in [1.807, 2.05) is 0 Å². The normalized spacial score (nSPS) is 18.8. The van der Waals surface area contributed by atoms with E-state index in [0.29, 0.717) is 24.8 Å². The summed E-state index contributed by atoms with van der Waals surface area (Å²) in [6.07, 6.45) is 2.19. The largest absolute Gasteiger partial charge is 0.379 e. The van der Waals surface area contributed by atoms with Crippen LogP contribution in [0.5, 0.6) is 0 Å². The summed E-state index contributed by atoms with van der Waals surface area (Å²) in [7, 11) is -1.50. The van der Waals surface area contributed by atoms with Crippen molar-refractivity contribution in [1.82, 2.24) is 9.62 Å². The van der Waals surface area contributed by atoms with Crippen LogP contribution in [0.3, 0.4) is 0 Å². The number of ether oxygens (including phenoxy) is 1. The SMILES string of the molecule is CN1CCCc2cc([C@H](CNS(=O)(=O)c3ccc(Cl)cc3)N3CCOCC3)ccc21. The van der Waals surface area contributed by atoms with E-state index in [0.717, 1.165) is 38.0 Å². The zero-order chi connectivity index (χ0) is 21.1. The summed E-state index contributed by atoms with van der Waals surface area (Å²) < 4.78 is 34.0. The van der Waals surface area contributed by atoms with Crippen LogP contribution in [0.4, 0.5) is 5.69 Å². The fourth-order valence-electron chi connectivity index (χ4n) is 4.25. The molecule has 30 heavy (non-hydrogen) atoms. The third-order valence-electron chi connectivity index (χ3n) is 5.92. The number of nitrogens with zero attached hydrogens (tertiary/aromatic N) is 2. The molecule has 2 aliphatic heterocycles. The summed E-state index contributed by atoms with van der Waals surface area (Å²) in [5, 5.41) is 0.513. The predicted molar refractivity (Wildman–Crippen MR) is 120 cm³/mol. The van der Waals surface area contributed by atoms with Gasteiger partial charge in [-0.15, -0.1) is 0 Å². The summed E-state index contributed by atoms with van der Waals surface area (Å²) in [5.41, 5.74) is 3.75. The monoisotopic (exact) mass is 449 g/mol. The molecule has 0 saturated carbocycles. The summed E-state index contributed by atoms with van der Waals surface area (Å²) in [6, 6.07) is 12.8. The van der Waals surface area contributed by atoms with E-state index >= 15 is 0 Å². The molecule has 0 aliphatic carbocycles. The van der Waals surface area contributed by atoms with Gasteiger partial charge < -0.3 is 9.64 Å². The fourth-order valence-corrected chi connectivity index (χ4v) is 5.41. The molecule has 0 aromatic heterocycles. The highest BCUT2D eigenvalue weighted by atomic mass is 35.5. The van der Waals surface area contributed by atoms with Gasteiger partial charge in [0.05, 0.1) is 18.1 Å². The molecule has 1 atom stereocenters. The van der Waals surface area contributed by atoms with Crippen LogP contribution in [0.25, 0.3) is 0 Å².